The molecule has 2 amide bonds. The summed E-state index contributed by atoms with van der Waals surface area (Å²) < 4.78 is 9.25. The summed E-state index contributed by atoms with van der Waals surface area (Å²) in [5, 5.41) is 9.82. The second kappa shape index (κ2) is 9.59. The highest BCUT2D eigenvalue weighted by atomic mass is 32.2. The van der Waals surface area contributed by atoms with Crippen molar-refractivity contribution in [2.24, 2.45) is 11.8 Å². The van der Waals surface area contributed by atoms with Gasteiger partial charge in [0.1, 0.15) is 11.8 Å². The minimum absolute atomic E-state index is 0.0205. The van der Waals surface area contributed by atoms with E-state index in [1.54, 1.807) is 24.1 Å². The summed E-state index contributed by atoms with van der Waals surface area (Å²) in [6.45, 7) is 2.37. The smallest absolute Gasteiger partial charge is 0.311 e. The van der Waals surface area contributed by atoms with Gasteiger partial charge in [0.15, 0.2) is 0 Å². The zero-order valence-electron chi connectivity index (χ0n) is 20.6. The van der Waals surface area contributed by atoms with E-state index in [4.69, 9.17) is 9.47 Å². The summed E-state index contributed by atoms with van der Waals surface area (Å²) in [4.78, 5) is 44.7. The first kappa shape index (κ1) is 24.9. The second-order valence-corrected chi connectivity index (χ2v) is 11.7. The highest BCUT2D eigenvalue weighted by Crippen LogP contribution is 2.65. The number of fused-ring (bicyclic) bond motifs is 2. The van der Waals surface area contributed by atoms with Gasteiger partial charge in [-0.1, -0.05) is 24.3 Å². The Morgan fingerprint density at radius 1 is 1.08 bits per heavy atom. The van der Waals surface area contributed by atoms with Crippen molar-refractivity contribution < 1.29 is 29.0 Å². The Bertz CT molecular complexity index is 1100. The lowest BCUT2D eigenvalue weighted by molar-refractivity contribution is -0.154. The fourth-order valence-electron chi connectivity index (χ4n) is 6.14. The Morgan fingerprint density at radius 2 is 1.86 bits per heavy atom. The van der Waals surface area contributed by atoms with Crippen LogP contribution in [0.15, 0.2) is 48.6 Å². The van der Waals surface area contributed by atoms with E-state index < -0.39 is 33.3 Å². The monoisotopic (exact) mass is 512 g/mol. The zero-order valence-corrected chi connectivity index (χ0v) is 21.4. The molecule has 192 valence electrons. The van der Waals surface area contributed by atoms with Crippen LogP contribution in [0.4, 0.5) is 5.69 Å². The lowest BCUT2D eigenvalue weighted by Crippen LogP contribution is -2.54. The maximum atomic E-state index is 14.2. The van der Waals surface area contributed by atoms with Crippen LogP contribution in [-0.2, 0) is 19.1 Å². The highest BCUT2D eigenvalue weighted by Gasteiger charge is 2.73. The fourth-order valence-corrected chi connectivity index (χ4v) is 8.29. The molecule has 1 unspecified atom stereocenters. The van der Waals surface area contributed by atoms with E-state index in [2.05, 4.69) is 6.08 Å². The first-order valence-corrected chi connectivity index (χ1v) is 13.3. The SMILES string of the molecule is COc1ccc(N2CC=C[C@]34S[C@]5(C)/C=C\CCCCOC(=O)[C@@H]5[C@H]3C(=O)N(CCO)C4C2=O)cc1. The van der Waals surface area contributed by atoms with Gasteiger partial charge < -0.3 is 24.4 Å². The van der Waals surface area contributed by atoms with Gasteiger partial charge in [-0.15, -0.1) is 11.8 Å². The third-order valence-electron chi connectivity index (χ3n) is 7.73. The van der Waals surface area contributed by atoms with Crippen molar-refractivity contribution in [2.75, 3.05) is 38.3 Å². The largest absolute Gasteiger partial charge is 0.497 e. The Hall–Kier alpha value is -2.78. The second-order valence-electron chi connectivity index (χ2n) is 9.87. The molecule has 1 aromatic carbocycles. The van der Waals surface area contributed by atoms with Gasteiger partial charge in [-0.05, 0) is 50.5 Å². The van der Waals surface area contributed by atoms with E-state index in [0.717, 1.165) is 19.3 Å². The molecular formula is C27H32N2O6S. The third kappa shape index (κ3) is 3.84. The number of thioether (sulfide) groups is 1. The summed E-state index contributed by atoms with van der Waals surface area (Å²) in [5.41, 5.74) is 0.690. The number of hydrogen-bond acceptors (Lipinski definition) is 7. The number of benzene rings is 1. The van der Waals surface area contributed by atoms with Crippen LogP contribution in [0, 0.1) is 11.8 Å². The number of anilines is 1. The number of nitrogens with zero attached hydrogens (tertiary/aromatic N) is 2. The van der Waals surface area contributed by atoms with Crippen molar-refractivity contribution >= 4 is 35.2 Å². The Balaban J connectivity index is 1.61. The molecule has 1 aromatic rings. The van der Waals surface area contributed by atoms with Gasteiger partial charge in [-0.25, -0.2) is 0 Å². The maximum absolute atomic E-state index is 14.2. The minimum atomic E-state index is -0.957. The molecule has 8 nitrogen and oxygen atoms in total. The number of aliphatic hydroxyl groups is 1. The number of carbonyl (C=O) groups excluding carboxylic acids is 3. The summed E-state index contributed by atoms with van der Waals surface area (Å²) in [7, 11) is 1.58. The first-order valence-electron chi connectivity index (χ1n) is 12.5. The average Bonchev–Trinajstić information content (AvgIpc) is 3.19. The van der Waals surface area contributed by atoms with Crippen LogP contribution in [0.25, 0.3) is 0 Å². The number of likely N-dealkylation sites (tertiary alicyclic amines) is 1. The van der Waals surface area contributed by atoms with Crippen LogP contribution in [-0.4, -0.2) is 76.7 Å². The van der Waals surface area contributed by atoms with Crippen molar-refractivity contribution in [1.29, 1.82) is 0 Å². The average molecular weight is 513 g/mol. The molecule has 0 aromatic heterocycles. The molecule has 4 heterocycles. The number of carbonyl (C=O) groups is 3. The zero-order chi connectivity index (χ0) is 25.5. The lowest BCUT2D eigenvalue weighted by atomic mass is 9.74. The van der Waals surface area contributed by atoms with Gasteiger partial charge in [0, 0.05) is 23.5 Å². The minimum Gasteiger partial charge on any atom is -0.497 e. The van der Waals surface area contributed by atoms with Crippen LogP contribution in [0.2, 0.25) is 0 Å². The van der Waals surface area contributed by atoms with Crippen LogP contribution in [0.5, 0.6) is 5.75 Å². The quantitative estimate of drug-likeness (QED) is 0.489. The van der Waals surface area contributed by atoms with Gasteiger partial charge >= 0.3 is 5.97 Å². The van der Waals surface area contributed by atoms with Crippen LogP contribution in [0.3, 0.4) is 0 Å². The van der Waals surface area contributed by atoms with E-state index >= 15 is 0 Å². The number of amides is 2. The van der Waals surface area contributed by atoms with Crippen molar-refractivity contribution in [2.45, 2.75) is 41.7 Å². The van der Waals surface area contributed by atoms with Gasteiger partial charge in [0.2, 0.25) is 5.91 Å². The van der Waals surface area contributed by atoms with E-state index in [1.165, 1.54) is 16.7 Å². The molecule has 4 aliphatic rings. The standard InChI is InChI=1S/C27H32N2O6S/c1-26-12-5-3-4-6-17-35-25(33)21(26)20-23(31)29(15-16-30)22-24(32)28(14-7-13-27(20,22)36-26)18-8-10-19(34-2)11-9-18/h5,7-13,20-22,30H,3-4,6,14-17H2,1-2H3/b12-5-/t20-,21-,22?,26+,27-/m0/s1. The third-order valence-corrected chi connectivity index (χ3v) is 9.52. The molecule has 5 atom stereocenters. The van der Waals surface area contributed by atoms with Crippen LogP contribution < -0.4 is 9.64 Å². The summed E-state index contributed by atoms with van der Waals surface area (Å²) in [6, 6.07) is 6.36. The Kier molecular flexibility index (Phi) is 6.63. The van der Waals surface area contributed by atoms with E-state index in [1.807, 2.05) is 37.3 Å². The number of rotatable bonds is 4. The van der Waals surface area contributed by atoms with Crippen LogP contribution >= 0.6 is 11.8 Å². The predicted octanol–water partition coefficient (Wildman–Crippen LogP) is 2.56. The summed E-state index contributed by atoms with van der Waals surface area (Å²) >= 11 is 1.51. The topological polar surface area (TPSA) is 96.4 Å². The highest BCUT2D eigenvalue weighted by molar-refractivity contribution is 8.02. The Morgan fingerprint density at radius 3 is 2.58 bits per heavy atom. The molecular weight excluding hydrogens is 480 g/mol. The van der Waals surface area contributed by atoms with Crippen molar-refractivity contribution in [1.82, 2.24) is 4.90 Å². The van der Waals surface area contributed by atoms with Gasteiger partial charge in [0.05, 0.1) is 36.9 Å². The normalized spacial score (nSPS) is 35.0. The number of cyclic esters (lactones) is 1. The molecule has 0 aliphatic carbocycles. The molecule has 4 aliphatic heterocycles. The van der Waals surface area contributed by atoms with Crippen molar-refractivity contribution in [3.05, 3.63) is 48.6 Å². The molecule has 1 spiro atoms. The molecule has 0 saturated carbocycles. The van der Waals surface area contributed by atoms with Crippen LogP contribution in [0.1, 0.15) is 26.2 Å². The number of allylic oxidation sites excluding steroid dienone is 1. The number of aliphatic hydroxyl groups excluding tert-OH is 1. The van der Waals surface area contributed by atoms with Gasteiger partial charge in [0.25, 0.3) is 5.91 Å². The first-order chi connectivity index (χ1) is 17.4. The maximum Gasteiger partial charge on any atom is 0.311 e. The number of β-amino-alcohol motifs (C(OH)–C–C–N with tert-alkyl or cyclic N) is 1. The number of ether oxygens (including phenoxy) is 2. The van der Waals surface area contributed by atoms with E-state index in [-0.39, 0.29) is 25.0 Å². The van der Waals surface area contributed by atoms with Gasteiger partial charge in [-0.3, -0.25) is 14.4 Å². The number of methoxy groups -OCH3 is 1. The van der Waals surface area contributed by atoms with E-state index in [0.29, 0.717) is 24.6 Å². The lowest BCUT2D eigenvalue weighted by Gasteiger charge is -2.36. The predicted molar refractivity (Wildman–Crippen MR) is 137 cm³/mol. The van der Waals surface area contributed by atoms with E-state index in [9.17, 15) is 19.5 Å². The molecule has 0 radical (unpaired) electrons. The molecule has 5 rings (SSSR count). The summed E-state index contributed by atoms with van der Waals surface area (Å²) in [6.07, 6.45) is 10.6. The number of esters is 1. The molecule has 0 bridgehead atoms. The van der Waals surface area contributed by atoms with Crippen molar-refractivity contribution in [3.8, 4) is 5.75 Å². The molecule has 9 heteroatoms. The molecule has 36 heavy (non-hydrogen) atoms. The van der Waals surface area contributed by atoms with Gasteiger partial charge in [-0.2, -0.15) is 0 Å². The number of hydrogen-bond donors (Lipinski definition) is 1. The summed E-state index contributed by atoms with van der Waals surface area (Å²) in [5.74, 6) is -1.73. The molecule has 2 fully saturated rings. The Labute approximate surface area is 215 Å². The molecule has 2 saturated heterocycles. The fraction of sp³-hybridized carbons (Fsp3) is 0.519. The van der Waals surface area contributed by atoms with Crippen molar-refractivity contribution in [3.63, 3.8) is 0 Å². The molecule has 1 N–H and O–H groups in total.